The normalized spacial score (nSPS) is 18.7. The SMILES string of the molecule is CCc1cc(OC(F)F)cc(C(C)C)c1NC(=O)N=S(N)(=O)C1CN=C(C(C)(C)O)S1. The van der Waals surface area contributed by atoms with Gasteiger partial charge in [0.25, 0.3) is 0 Å². The van der Waals surface area contributed by atoms with Crippen molar-refractivity contribution in [1.82, 2.24) is 0 Å². The standard InChI is InChI=1S/C19H28F2N4O4S2/c1-6-11-7-12(29-17(20)21)8-13(10(2)3)15(11)24-18(26)25-31(22,28)14-9-23-16(30-14)19(4,5)27/h7-8,10,14,17,27H,6,9H2,1-5H3,(H3,22,24,25,26,28). The van der Waals surface area contributed by atoms with Gasteiger partial charge in [0.1, 0.15) is 30.9 Å². The van der Waals surface area contributed by atoms with Crippen LogP contribution in [-0.2, 0) is 16.3 Å². The number of carbonyl (C=O) groups excluding carboxylic acids is 1. The largest absolute Gasteiger partial charge is 0.435 e. The Morgan fingerprint density at radius 1 is 1.48 bits per heavy atom. The zero-order chi connectivity index (χ0) is 23.6. The molecule has 0 aliphatic carbocycles. The number of anilines is 1. The molecule has 174 valence electrons. The van der Waals surface area contributed by atoms with Gasteiger partial charge in [0.2, 0.25) is 0 Å². The number of benzene rings is 1. The molecule has 1 heterocycles. The van der Waals surface area contributed by atoms with Crippen molar-refractivity contribution in [2.45, 2.75) is 63.8 Å². The number of nitrogens with zero attached hydrogens (tertiary/aromatic N) is 2. The van der Waals surface area contributed by atoms with Gasteiger partial charge in [0.15, 0.2) is 0 Å². The lowest BCUT2D eigenvalue weighted by Crippen LogP contribution is -2.31. The number of ether oxygens (including phenoxy) is 1. The zero-order valence-corrected chi connectivity index (χ0v) is 19.7. The van der Waals surface area contributed by atoms with E-state index < -0.39 is 32.7 Å². The van der Waals surface area contributed by atoms with E-state index in [0.717, 1.165) is 11.8 Å². The highest BCUT2D eigenvalue weighted by Crippen LogP contribution is 2.34. The lowest BCUT2D eigenvalue weighted by Gasteiger charge is -2.19. The van der Waals surface area contributed by atoms with Gasteiger partial charge in [0, 0.05) is 5.69 Å². The Kier molecular flexibility index (Phi) is 8.06. The van der Waals surface area contributed by atoms with Crippen LogP contribution in [0.25, 0.3) is 0 Å². The molecule has 31 heavy (non-hydrogen) atoms. The number of alkyl halides is 2. The van der Waals surface area contributed by atoms with Crippen molar-refractivity contribution >= 4 is 38.4 Å². The number of halogens is 2. The third kappa shape index (κ3) is 6.61. The second kappa shape index (κ2) is 9.80. The van der Waals surface area contributed by atoms with Crippen LogP contribution < -0.4 is 15.2 Å². The molecule has 0 fully saturated rings. The van der Waals surface area contributed by atoms with Crippen LogP contribution in [0, 0.1) is 0 Å². The average Bonchev–Trinajstić information content (AvgIpc) is 3.13. The molecule has 0 saturated heterocycles. The Hall–Kier alpha value is -1.76. The number of hydrogen-bond donors (Lipinski definition) is 3. The first-order valence-corrected chi connectivity index (χ1v) is 12.2. The second-order valence-corrected chi connectivity index (χ2v) is 11.3. The molecule has 2 atom stereocenters. The summed E-state index contributed by atoms with van der Waals surface area (Å²) in [7, 11) is -3.47. The number of carbonyl (C=O) groups is 1. The molecule has 1 aliphatic rings. The quantitative estimate of drug-likeness (QED) is 0.544. The van der Waals surface area contributed by atoms with E-state index in [-0.39, 0.29) is 18.2 Å². The van der Waals surface area contributed by atoms with Gasteiger partial charge >= 0.3 is 12.6 Å². The highest BCUT2D eigenvalue weighted by Gasteiger charge is 2.35. The van der Waals surface area contributed by atoms with Crippen LogP contribution in [0.4, 0.5) is 19.3 Å². The maximum Gasteiger partial charge on any atom is 0.387 e. The van der Waals surface area contributed by atoms with Crippen LogP contribution in [0.1, 0.15) is 51.7 Å². The molecule has 0 saturated carbocycles. The second-order valence-electron chi connectivity index (χ2n) is 7.82. The van der Waals surface area contributed by atoms with E-state index in [1.54, 1.807) is 20.8 Å². The molecule has 0 spiro atoms. The summed E-state index contributed by atoms with van der Waals surface area (Å²) in [4.78, 5) is 16.7. The third-order valence-corrected chi connectivity index (χ3v) is 8.17. The molecule has 2 unspecified atom stereocenters. The lowest BCUT2D eigenvalue weighted by atomic mass is 9.96. The number of nitrogens with one attached hydrogen (secondary N) is 1. The third-order valence-electron chi connectivity index (χ3n) is 4.44. The Morgan fingerprint density at radius 2 is 2.13 bits per heavy atom. The average molecular weight is 479 g/mol. The lowest BCUT2D eigenvalue weighted by molar-refractivity contribution is -0.0499. The molecular weight excluding hydrogens is 450 g/mol. The minimum absolute atomic E-state index is 0.00763. The van der Waals surface area contributed by atoms with E-state index in [2.05, 4.69) is 19.4 Å². The summed E-state index contributed by atoms with van der Waals surface area (Å²) in [5, 5.41) is 18.9. The summed E-state index contributed by atoms with van der Waals surface area (Å²) in [6.07, 6.45) is 0.426. The van der Waals surface area contributed by atoms with E-state index in [9.17, 15) is 22.9 Å². The number of nitrogens with two attached hydrogens (primary N) is 1. The van der Waals surface area contributed by atoms with Gasteiger partial charge in [-0.25, -0.2) is 14.1 Å². The van der Waals surface area contributed by atoms with E-state index in [1.165, 1.54) is 12.1 Å². The van der Waals surface area contributed by atoms with Crippen LogP contribution in [0.5, 0.6) is 5.75 Å². The van der Waals surface area contributed by atoms with Crippen LogP contribution in [0.2, 0.25) is 0 Å². The maximum atomic E-state index is 12.9. The predicted molar refractivity (Wildman–Crippen MR) is 120 cm³/mol. The van der Waals surface area contributed by atoms with Crippen molar-refractivity contribution in [2.24, 2.45) is 14.5 Å². The maximum absolute atomic E-state index is 12.9. The summed E-state index contributed by atoms with van der Waals surface area (Å²) < 4.78 is 45.6. The van der Waals surface area contributed by atoms with Crippen molar-refractivity contribution in [1.29, 1.82) is 0 Å². The summed E-state index contributed by atoms with van der Waals surface area (Å²) in [5.74, 6) is -0.135. The Balaban J connectivity index is 2.31. The van der Waals surface area contributed by atoms with E-state index in [0.29, 0.717) is 28.3 Å². The van der Waals surface area contributed by atoms with E-state index >= 15 is 0 Å². The van der Waals surface area contributed by atoms with E-state index in [4.69, 9.17) is 5.14 Å². The minimum Gasteiger partial charge on any atom is -0.435 e. The van der Waals surface area contributed by atoms with Crippen molar-refractivity contribution in [3.8, 4) is 5.75 Å². The Labute approximate surface area is 185 Å². The Bertz CT molecular complexity index is 984. The molecule has 2 rings (SSSR count). The summed E-state index contributed by atoms with van der Waals surface area (Å²) in [6, 6.07) is 1.94. The van der Waals surface area contributed by atoms with Crippen LogP contribution in [-0.4, -0.2) is 43.7 Å². The number of thioether (sulfide) groups is 1. The van der Waals surface area contributed by atoms with Gasteiger partial charge in [-0.2, -0.15) is 8.78 Å². The molecule has 0 bridgehead atoms. The molecule has 2 amide bonds. The first kappa shape index (κ1) is 25.5. The fourth-order valence-electron chi connectivity index (χ4n) is 2.94. The predicted octanol–water partition coefficient (Wildman–Crippen LogP) is 4.09. The van der Waals surface area contributed by atoms with Gasteiger partial charge in [-0.3, -0.25) is 4.99 Å². The van der Waals surface area contributed by atoms with Gasteiger partial charge in [-0.05, 0) is 49.4 Å². The molecule has 0 radical (unpaired) electrons. The van der Waals surface area contributed by atoms with Crippen LogP contribution in [0.3, 0.4) is 0 Å². The van der Waals surface area contributed by atoms with Gasteiger partial charge in [-0.15, -0.1) is 4.36 Å². The number of aliphatic hydroxyl groups is 1. The zero-order valence-electron chi connectivity index (χ0n) is 18.0. The van der Waals surface area contributed by atoms with Crippen LogP contribution in [0.15, 0.2) is 21.5 Å². The van der Waals surface area contributed by atoms with Crippen LogP contribution >= 0.6 is 11.8 Å². The first-order valence-electron chi connectivity index (χ1n) is 9.64. The monoisotopic (exact) mass is 478 g/mol. The fourth-order valence-corrected chi connectivity index (χ4v) is 5.44. The molecule has 4 N–H and O–H groups in total. The van der Waals surface area contributed by atoms with E-state index in [1.807, 2.05) is 13.8 Å². The van der Waals surface area contributed by atoms with Crippen molar-refractivity contribution in [3.63, 3.8) is 0 Å². The summed E-state index contributed by atoms with van der Waals surface area (Å²) >= 11 is 1.03. The molecule has 12 heteroatoms. The van der Waals surface area contributed by atoms with Gasteiger partial charge in [0.05, 0.1) is 6.54 Å². The van der Waals surface area contributed by atoms with Crippen molar-refractivity contribution in [2.75, 3.05) is 11.9 Å². The number of urea groups is 1. The first-order chi connectivity index (χ1) is 14.2. The summed E-state index contributed by atoms with van der Waals surface area (Å²) in [5.41, 5.74) is 0.332. The van der Waals surface area contributed by atoms with Crippen molar-refractivity contribution in [3.05, 3.63) is 23.3 Å². The highest BCUT2D eigenvalue weighted by molar-refractivity contribution is 8.23. The smallest absolute Gasteiger partial charge is 0.387 e. The number of hydrogen-bond acceptors (Lipinski definition) is 6. The van der Waals surface area contributed by atoms with Gasteiger partial charge in [-0.1, -0.05) is 32.5 Å². The molecule has 1 aliphatic heterocycles. The number of rotatable bonds is 7. The van der Waals surface area contributed by atoms with Crippen molar-refractivity contribution < 1.29 is 27.6 Å². The highest BCUT2D eigenvalue weighted by atomic mass is 32.3. The minimum atomic E-state index is -3.47. The molecular formula is C19H28F2N4O4S2. The molecule has 1 aromatic rings. The number of aliphatic imine (C=N–C) groups is 1. The molecule has 1 aromatic carbocycles. The number of aryl methyl sites for hydroxylation is 1. The van der Waals surface area contributed by atoms with Gasteiger partial charge < -0.3 is 15.2 Å². The molecule has 0 aromatic heterocycles. The summed E-state index contributed by atoms with van der Waals surface area (Å²) in [6.45, 7) is 5.66. The topological polar surface area (TPSA) is 126 Å². The number of amides is 2. The fraction of sp³-hybridized carbons (Fsp3) is 0.579. The molecule has 8 nitrogen and oxygen atoms in total. The Morgan fingerprint density at radius 3 is 2.61 bits per heavy atom.